The summed E-state index contributed by atoms with van der Waals surface area (Å²) >= 11 is 0. The second kappa shape index (κ2) is 7.85. The number of amides is 1. The number of morpholine rings is 1. The SMILES string of the molecule is COc1cc(N)ccc1C(=O)N[C@H]1CC[C@H](N2CCOCC2)CC1. The second-order valence-electron chi connectivity index (χ2n) is 6.59. The zero-order chi connectivity index (χ0) is 16.9. The van der Waals surface area contributed by atoms with E-state index >= 15 is 0 Å². The summed E-state index contributed by atoms with van der Waals surface area (Å²) in [5, 5.41) is 3.15. The zero-order valence-electron chi connectivity index (χ0n) is 14.3. The van der Waals surface area contributed by atoms with Crippen molar-refractivity contribution < 1.29 is 14.3 Å². The molecule has 0 bridgehead atoms. The maximum absolute atomic E-state index is 12.5. The number of anilines is 1. The van der Waals surface area contributed by atoms with Gasteiger partial charge in [-0.05, 0) is 37.8 Å². The van der Waals surface area contributed by atoms with Gasteiger partial charge in [0, 0.05) is 36.9 Å². The van der Waals surface area contributed by atoms with E-state index in [-0.39, 0.29) is 11.9 Å². The summed E-state index contributed by atoms with van der Waals surface area (Å²) in [5.41, 5.74) is 6.88. The molecule has 0 unspecified atom stereocenters. The molecule has 6 heteroatoms. The van der Waals surface area contributed by atoms with Crippen LogP contribution >= 0.6 is 0 Å². The van der Waals surface area contributed by atoms with Crippen LogP contribution in [0.5, 0.6) is 5.75 Å². The minimum absolute atomic E-state index is 0.0818. The van der Waals surface area contributed by atoms with Crippen LogP contribution in [0.2, 0.25) is 0 Å². The van der Waals surface area contributed by atoms with Crippen molar-refractivity contribution in [2.45, 2.75) is 37.8 Å². The fourth-order valence-corrected chi connectivity index (χ4v) is 3.69. The fourth-order valence-electron chi connectivity index (χ4n) is 3.69. The van der Waals surface area contributed by atoms with Crippen molar-refractivity contribution in [3.05, 3.63) is 23.8 Å². The van der Waals surface area contributed by atoms with Crippen molar-refractivity contribution in [2.24, 2.45) is 0 Å². The van der Waals surface area contributed by atoms with Crippen LogP contribution in [0, 0.1) is 0 Å². The maximum atomic E-state index is 12.5. The third-order valence-corrected chi connectivity index (χ3v) is 5.06. The molecule has 3 N–H and O–H groups in total. The number of nitrogen functional groups attached to an aromatic ring is 1. The topological polar surface area (TPSA) is 76.8 Å². The average molecular weight is 333 g/mol. The van der Waals surface area contributed by atoms with Gasteiger partial charge in [-0.3, -0.25) is 9.69 Å². The van der Waals surface area contributed by atoms with Gasteiger partial charge in [-0.1, -0.05) is 0 Å². The number of benzene rings is 1. The molecule has 0 atom stereocenters. The van der Waals surface area contributed by atoms with E-state index in [0.717, 1.165) is 52.0 Å². The Morgan fingerprint density at radius 2 is 1.96 bits per heavy atom. The molecule has 1 aromatic rings. The van der Waals surface area contributed by atoms with Crippen LogP contribution in [-0.4, -0.2) is 56.3 Å². The van der Waals surface area contributed by atoms with Crippen LogP contribution in [0.15, 0.2) is 18.2 Å². The van der Waals surface area contributed by atoms with Crippen LogP contribution < -0.4 is 15.8 Å². The average Bonchev–Trinajstić information content (AvgIpc) is 2.63. The maximum Gasteiger partial charge on any atom is 0.255 e. The Kier molecular flexibility index (Phi) is 5.58. The first kappa shape index (κ1) is 17.0. The number of carbonyl (C=O) groups excluding carboxylic acids is 1. The van der Waals surface area contributed by atoms with E-state index in [0.29, 0.717) is 23.0 Å². The van der Waals surface area contributed by atoms with Crippen LogP contribution in [0.3, 0.4) is 0 Å². The highest BCUT2D eigenvalue weighted by atomic mass is 16.5. The Hall–Kier alpha value is -1.79. The summed E-state index contributed by atoms with van der Waals surface area (Å²) in [5.74, 6) is 0.441. The zero-order valence-corrected chi connectivity index (χ0v) is 14.3. The van der Waals surface area contributed by atoms with Gasteiger partial charge in [0.15, 0.2) is 0 Å². The first-order valence-corrected chi connectivity index (χ1v) is 8.73. The predicted octanol–water partition coefficient (Wildman–Crippen LogP) is 1.65. The summed E-state index contributed by atoms with van der Waals surface area (Å²) < 4.78 is 10.7. The Labute approximate surface area is 143 Å². The molecule has 2 fully saturated rings. The number of nitrogens with zero attached hydrogens (tertiary/aromatic N) is 1. The van der Waals surface area contributed by atoms with Gasteiger partial charge >= 0.3 is 0 Å². The molecule has 1 aromatic carbocycles. The van der Waals surface area contributed by atoms with Crippen molar-refractivity contribution in [1.82, 2.24) is 10.2 Å². The van der Waals surface area contributed by atoms with Gasteiger partial charge in [0.1, 0.15) is 5.75 Å². The van der Waals surface area contributed by atoms with E-state index < -0.39 is 0 Å². The highest BCUT2D eigenvalue weighted by Crippen LogP contribution is 2.26. The fraction of sp³-hybridized carbons (Fsp3) is 0.611. The number of nitrogens with two attached hydrogens (primary N) is 1. The van der Waals surface area contributed by atoms with Gasteiger partial charge in [0.25, 0.3) is 5.91 Å². The van der Waals surface area contributed by atoms with Crippen molar-refractivity contribution in [3.63, 3.8) is 0 Å². The minimum Gasteiger partial charge on any atom is -0.496 e. The third-order valence-electron chi connectivity index (χ3n) is 5.06. The molecule has 1 aliphatic carbocycles. The number of nitrogens with one attached hydrogen (secondary N) is 1. The van der Waals surface area contributed by atoms with Crippen LogP contribution in [0.25, 0.3) is 0 Å². The van der Waals surface area contributed by atoms with Crippen molar-refractivity contribution >= 4 is 11.6 Å². The van der Waals surface area contributed by atoms with Gasteiger partial charge in [-0.25, -0.2) is 0 Å². The predicted molar refractivity (Wildman–Crippen MR) is 93.3 cm³/mol. The lowest BCUT2D eigenvalue weighted by atomic mass is 9.89. The van der Waals surface area contributed by atoms with E-state index in [9.17, 15) is 4.79 Å². The molecule has 0 radical (unpaired) electrons. The summed E-state index contributed by atoms with van der Waals surface area (Å²) in [4.78, 5) is 15.1. The van der Waals surface area contributed by atoms with E-state index in [1.165, 1.54) is 0 Å². The van der Waals surface area contributed by atoms with Crippen LogP contribution in [0.1, 0.15) is 36.0 Å². The van der Waals surface area contributed by atoms with Gasteiger partial charge in [0.2, 0.25) is 0 Å². The molecule has 1 saturated carbocycles. The van der Waals surface area contributed by atoms with Gasteiger partial charge in [0.05, 0.1) is 25.9 Å². The first-order valence-electron chi connectivity index (χ1n) is 8.73. The molecule has 0 spiro atoms. The van der Waals surface area contributed by atoms with Crippen molar-refractivity contribution in [1.29, 1.82) is 0 Å². The normalized spacial score (nSPS) is 25.2. The highest BCUT2D eigenvalue weighted by Gasteiger charge is 2.28. The lowest BCUT2D eigenvalue weighted by Gasteiger charge is -2.38. The van der Waals surface area contributed by atoms with E-state index in [2.05, 4.69) is 10.2 Å². The number of hydrogen-bond acceptors (Lipinski definition) is 5. The summed E-state index contributed by atoms with van der Waals surface area (Å²) in [6, 6.07) is 6.00. The Bertz CT molecular complexity index is 565. The summed E-state index contributed by atoms with van der Waals surface area (Å²) in [7, 11) is 1.55. The number of rotatable bonds is 4. The molecule has 2 aliphatic rings. The first-order chi connectivity index (χ1) is 11.7. The second-order valence-corrected chi connectivity index (χ2v) is 6.59. The molecule has 1 aliphatic heterocycles. The van der Waals surface area contributed by atoms with Crippen LogP contribution in [-0.2, 0) is 4.74 Å². The smallest absolute Gasteiger partial charge is 0.255 e. The molecule has 3 rings (SSSR count). The van der Waals surface area contributed by atoms with E-state index in [1.54, 1.807) is 25.3 Å². The molecule has 1 heterocycles. The van der Waals surface area contributed by atoms with Crippen molar-refractivity contribution in [2.75, 3.05) is 39.1 Å². The summed E-state index contributed by atoms with van der Waals surface area (Å²) in [6.45, 7) is 3.75. The summed E-state index contributed by atoms with van der Waals surface area (Å²) in [6.07, 6.45) is 4.30. The number of ether oxygens (including phenoxy) is 2. The molecule has 6 nitrogen and oxygen atoms in total. The minimum atomic E-state index is -0.0818. The monoisotopic (exact) mass is 333 g/mol. The quantitative estimate of drug-likeness (QED) is 0.820. The van der Waals surface area contributed by atoms with Crippen molar-refractivity contribution in [3.8, 4) is 5.75 Å². The molecular weight excluding hydrogens is 306 g/mol. The lowest BCUT2D eigenvalue weighted by molar-refractivity contribution is 0.00664. The lowest BCUT2D eigenvalue weighted by Crippen LogP contribution is -2.47. The molecule has 24 heavy (non-hydrogen) atoms. The number of carbonyl (C=O) groups is 1. The van der Waals surface area contributed by atoms with Gasteiger partial charge in [-0.2, -0.15) is 0 Å². The van der Waals surface area contributed by atoms with E-state index in [1.807, 2.05) is 0 Å². The highest BCUT2D eigenvalue weighted by molar-refractivity contribution is 5.97. The number of hydrogen-bond donors (Lipinski definition) is 2. The molecular formula is C18H27N3O3. The molecule has 0 aromatic heterocycles. The molecule has 132 valence electrons. The van der Waals surface area contributed by atoms with Gasteiger partial charge < -0.3 is 20.5 Å². The van der Waals surface area contributed by atoms with Gasteiger partial charge in [-0.15, -0.1) is 0 Å². The molecule has 1 saturated heterocycles. The number of methoxy groups -OCH3 is 1. The Morgan fingerprint density at radius 3 is 2.62 bits per heavy atom. The Morgan fingerprint density at radius 1 is 1.25 bits per heavy atom. The standard InChI is InChI=1S/C18H27N3O3/c1-23-17-12-13(19)2-7-16(17)18(22)20-14-3-5-15(6-4-14)21-8-10-24-11-9-21/h2,7,12,14-15H,3-6,8-11,19H2,1H3,(H,20,22)/t14-,15-. The Balaban J connectivity index is 1.53. The van der Waals surface area contributed by atoms with E-state index in [4.69, 9.17) is 15.2 Å². The largest absolute Gasteiger partial charge is 0.496 e. The van der Waals surface area contributed by atoms with Crippen LogP contribution in [0.4, 0.5) is 5.69 Å². The third kappa shape index (κ3) is 3.99. The molecule has 1 amide bonds.